The zero-order valence-corrected chi connectivity index (χ0v) is 12.5. The maximum absolute atomic E-state index is 13.5. The van der Waals surface area contributed by atoms with Crippen LogP contribution in [0.15, 0.2) is 47.0 Å². The van der Waals surface area contributed by atoms with Gasteiger partial charge in [0.05, 0.1) is 5.56 Å². The summed E-state index contributed by atoms with van der Waals surface area (Å²) in [7, 11) is 0. The monoisotopic (exact) mass is 314 g/mol. The van der Waals surface area contributed by atoms with Crippen molar-refractivity contribution in [2.75, 3.05) is 0 Å². The highest BCUT2D eigenvalue weighted by Gasteiger charge is 2.16. The highest BCUT2D eigenvalue weighted by Crippen LogP contribution is 2.27. The molecule has 1 aromatic heterocycles. The van der Waals surface area contributed by atoms with Crippen LogP contribution < -0.4 is 4.74 Å². The molecule has 0 N–H and O–H groups in total. The van der Waals surface area contributed by atoms with Crippen LogP contribution in [0.1, 0.15) is 16.9 Å². The van der Waals surface area contributed by atoms with E-state index in [1.54, 1.807) is 6.92 Å². The maximum Gasteiger partial charge on any atom is 0.140 e. The predicted molar refractivity (Wildman–Crippen MR) is 81.8 cm³/mol. The molecular weight excluding hydrogens is 300 g/mol. The molecule has 117 valence electrons. The quantitative estimate of drug-likeness (QED) is 0.701. The number of halogens is 2. The van der Waals surface area contributed by atoms with Crippen LogP contribution in [0, 0.1) is 25.5 Å². The van der Waals surface area contributed by atoms with E-state index in [1.807, 2.05) is 30.3 Å². The van der Waals surface area contributed by atoms with E-state index in [0.29, 0.717) is 11.5 Å². The van der Waals surface area contributed by atoms with Crippen molar-refractivity contribution in [3.63, 3.8) is 0 Å². The van der Waals surface area contributed by atoms with Crippen molar-refractivity contribution >= 4 is 0 Å². The molecule has 0 saturated carbocycles. The summed E-state index contributed by atoms with van der Waals surface area (Å²) in [6.45, 7) is 5.16. The molecule has 23 heavy (non-hydrogen) atoms. The van der Waals surface area contributed by atoms with Gasteiger partial charge in [0.1, 0.15) is 35.4 Å². The van der Waals surface area contributed by atoms with Crippen LogP contribution in [-0.2, 0) is 6.61 Å². The third kappa shape index (κ3) is 3.08. The SMILES string of the molecule is [CH2]c1c(F)cc(OCc2c(-c3ccccc3)noc2C)cc1F. The fourth-order valence-electron chi connectivity index (χ4n) is 2.20. The molecule has 0 aliphatic carbocycles. The highest BCUT2D eigenvalue weighted by molar-refractivity contribution is 5.63. The third-order valence-corrected chi connectivity index (χ3v) is 3.53. The van der Waals surface area contributed by atoms with Crippen LogP contribution in [-0.4, -0.2) is 5.16 Å². The second kappa shape index (κ2) is 6.20. The van der Waals surface area contributed by atoms with Gasteiger partial charge in [0.25, 0.3) is 0 Å². The summed E-state index contributed by atoms with van der Waals surface area (Å²) in [5, 5.41) is 4.03. The number of aromatic nitrogens is 1. The van der Waals surface area contributed by atoms with E-state index in [0.717, 1.165) is 23.3 Å². The van der Waals surface area contributed by atoms with Crippen molar-refractivity contribution in [1.29, 1.82) is 0 Å². The Bertz CT molecular complexity index is 805. The molecule has 0 saturated heterocycles. The molecule has 0 atom stereocenters. The molecule has 0 fully saturated rings. The molecular formula is C18H14F2NO2. The van der Waals surface area contributed by atoms with Crippen molar-refractivity contribution < 1.29 is 18.0 Å². The van der Waals surface area contributed by atoms with E-state index >= 15 is 0 Å². The Kier molecular flexibility index (Phi) is 4.10. The smallest absolute Gasteiger partial charge is 0.140 e. The van der Waals surface area contributed by atoms with Crippen LogP contribution in [0.3, 0.4) is 0 Å². The largest absolute Gasteiger partial charge is 0.488 e. The first-order valence-electron chi connectivity index (χ1n) is 7.00. The lowest BCUT2D eigenvalue weighted by Crippen LogP contribution is -2.00. The Morgan fingerprint density at radius 3 is 2.43 bits per heavy atom. The van der Waals surface area contributed by atoms with Gasteiger partial charge in [-0.25, -0.2) is 8.78 Å². The molecule has 1 heterocycles. The number of aryl methyl sites for hydroxylation is 1. The minimum Gasteiger partial charge on any atom is -0.488 e. The van der Waals surface area contributed by atoms with Crippen molar-refractivity contribution in [2.45, 2.75) is 13.5 Å². The van der Waals surface area contributed by atoms with Crippen molar-refractivity contribution in [3.8, 4) is 17.0 Å². The molecule has 0 unspecified atom stereocenters. The predicted octanol–water partition coefficient (Wildman–Crippen LogP) is 4.69. The minimum absolute atomic E-state index is 0.0898. The summed E-state index contributed by atoms with van der Waals surface area (Å²) < 4.78 is 37.8. The summed E-state index contributed by atoms with van der Waals surface area (Å²) >= 11 is 0. The first kappa shape index (κ1) is 15.2. The summed E-state index contributed by atoms with van der Waals surface area (Å²) in [4.78, 5) is 0. The van der Waals surface area contributed by atoms with Gasteiger partial charge in [-0.3, -0.25) is 0 Å². The van der Waals surface area contributed by atoms with Gasteiger partial charge in [0.2, 0.25) is 0 Å². The van der Waals surface area contributed by atoms with Gasteiger partial charge < -0.3 is 9.26 Å². The van der Waals surface area contributed by atoms with E-state index in [1.165, 1.54) is 0 Å². The van der Waals surface area contributed by atoms with Crippen LogP contribution in [0.5, 0.6) is 5.75 Å². The molecule has 0 spiro atoms. The summed E-state index contributed by atoms with van der Waals surface area (Å²) in [5.41, 5.74) is 1.99. The number of rotatable bonds is 4. The minimum atomic E-state index is -0.745. The Labute approximate surface area is 132 Å². The van der Waals surface area contributed by atoms with E-state index in [-0.39, 0.29) is 17.9 Å². The molecule has 5 heteroatoms. The van der Waals surface area contributed by atoms with E-state index < -0.39 is 11.6 Å². The zero-order valence-electron chi connectivity index (χ0n) is 12.5. The van der Waals surface area contributed by atoms with Crippen LogP contribution in [0.2, 0.25) is 0 Å². The Balaban J connectivity index is 1.86. The van der Waals surface area contributed by atoms with Crippen LogP contribution >= 0.6 is 0 Å². The van der Waals surface area contributed by atoms with Gasteiger partial charge in [-0.15, -0.1) is 0 Å². The second-order valence-electron chi connectivity index (χ2n) is 5.09. The summed E-state index contributed by atoms with van der Waals surface area (Å²) in [6, 6.07) is 11.7. The van der Waals surface area contributed by atoms with Gasteiger partial charge in [0, 0.05) is 23.3 Å². The maximum atomic E-state index is 13.5. The average Bonchev–Trinajstić information content (AvgIpc) is 2.92. The number of ether oxygens (including phenoxy) is 1. The molecule has 2 aromatic carbocycles. The zero-order chi connectivity index (χ0) is 16.4. The number of hydrogen-bond acceptors (Lipinski definition) is 3. The lowest BCUT2D eigenvalue weighted by molar-refractivity contribution is 0.299. The first-order valence-corrected chi connectivity index (χ1v) is 7.00. The van der Waals surface area contributed by atoms with Gasteiger partial charge in [-0.05, 0) is 13.8 Å². The summed E-state index contributed by atoms with van der Waals surface area (Å²) in [6.07, 6.45) is 0. The molecule has 3 aromatic rings. The number of nitrogens with zero attached hydrogens (tertiary/aromatic N) is 1. The van der Waals surface area contributed by atoms with Gasteiger partial charge >= 0.3 is 0 Å². The van der Waals surface area contributed by atoms with Crippen LogP contribution in [0.25, 0.3) is 11.3 Å². The molecule has 3 rings (SSSR count). The normalized spacial score (nSPS) is 10.8. The Hall–Kier alpha value is -2.69. The first-order chi connectivity index (χ1) is 11.1. The molecule has 0 aliphatic heterocycles. The Morgan fingerprint density at radius 2 is 1.78 bits per heavy atom. The molecule has 0 bridgehead atoms. The number of hydrogen-bond donors (Lipinski definition) is 0. The fourth-order valence-corrected chi connectivity index (χ4v) is 2.20. The third-order valence-electron chi connectivity index (χ3n) is 3.53. The molecule has 1 radical (unpaired) electrons. The molecule has 0 amide bonds. The van der Waals surface area contributed by atoms with Crippen molar-refractivity contribution in [2.24, 2.45) is 0 Å². The van der Waals surface area contributed by atoms with Crippen molar-refractivity contribution in [3.05, 3.63) is 77.9 Å². The average molecular weight is 314 g/mol. The standard InChI is InChI=1S/C18H14F2NO2/c1-11-16(19)8-14(9-17(11)20)22-10-15-12(2)23-21-18(15)13-6-4-3-5-7-13/h3-9H,1,10H2,2H3. The van der Waals surface area contributed by atoms with E-state index in [4.69, 9.17) is 9.26 Å². The molecule has 3 nitrogen and oxygen atoms in total. The number of benzene rings is 2. The lowest BCUT2D eigenvalue weighted by Gasteiger charge is -2.08. The van der Waals surface area contributed by atoms with Crippen LogP contribution in [0.4, 0.5) is 8.78 Å². The van der Waals surface area contributed by atoms with Gasteiger partial charge in [0.15, 0.2) is 0 Å². The highest BCUT2D eigenvalue weighted by atomic mass is 19.1. The topological polar surface area (TPSA) is 35.3 Å². The van der Waals surface area contributed by atoms with Gasteiger partial charge in [-0.2, -0.15) is 0 Å². The summed E-state index contributed by atoms with van der Waals surface area (Å²) in [5.74, 6) is -0.804. The molecule has 0 aliphatic rings. The Morgan fingerprint density at radius 1 is 1.13 bits per heavy atom. The van der Waals surface area contributed by atoms with Crippen molar-refractivity contribution in [1.82, 2.24) is 5.16 Å². The van der Waals surface area contributed by atoms with Gasteiger partial charge in [-0.1, -0.05) is 35.5 Å². The second-order valence-corrected chi connectivity index (χ2v) is 5.09. The van der Waals surface area contributed by atoms with E-state index in [2.05, 4.69) is 12.1 Å². The lowest BCUT2D eigenvalue weighted by atomic mass is 10.1. The fraction of sp³-hybridized carbons (Fsp3) is 0.111. The van der Waals surface area contributed by atoms with E-state index in [9.17, 15) is 8.78 Å².